The normalized spacial score (nSPS) is 10.6. The van der Waals surface area contributed by atoms with E-state index in [1.807, 2.05) is 12.1 Å². The minimum Gasteiger partial charge on any atom is -0.324 e. The van der Waals surface area contributed by atoms with Crippen LogP contribution in [0.1, 0.15) is 12.8 Å². The molecule has 0 aliphatic carbocycles. The van der Waals surface area contributed by atoms with E-state index in [2.05, 4.69) is 5.32 Å². The molecule has 0 saturated heterocycles. The summed E-state index contributed by atoms with van der Waals surface area (Å²) >= 11 is 7.34. The first-order chi connectivity index (χ1) is 11.0. The average molecular weight is 360 g/mol. The third kappa shape index (κ3) is 5.18. The minimum atomic E-state index is -1.60. The van der Waals surface area contributed by atoms with Crippen LogP contribution in [-0.4, -0.2) is 11.7 Å². The standard InChI is InChI=1S/C16H13ClF3NOS/c17-10-3-5-11(6-4-10)23-9-1-2-14(22)21-13-8-7-12(18)15(19)16(13)20/h3-8H,1-2,9H2,(H,21,22). The molecule has 1 N–H and O–H groups in total. The topological polar surface area (TPSA) is 29.1 Å². The Hall–Kier alpha value is -1.66. The molecule has 0 fully saturated rings. The van der Waals surface area contributed by atoms with Crippen molar-refractivity contribution < 1.29 is 18.0 Å². The number of nitrogens with one attached hydrogen (secondary N) is 1. The smallest absolute Gasteiger partial charge is 0.224 e. The Bertz CT molecular complexity index is 694. The minimum absolute atomic E-state index is 0.152. The maximum absolute atomic E-state index is 13.4. The van der Waals surface area contributed by atoms with E-state index in [-0.39, 0.29) is 12.1 Å². The molecule has 0 aliphatic rings. The Morgan fingerprint density at radius 1 is 1.04 bits per heavy atom. The molecule has 0 spiro atoms. The van der Waals surface area contributed by atoms with Crippen LogP contribution < -0.4 is 5.32 Å². The molecule has 2 rings (SSSR count). The average Bonchev–Trinajstić information content (AvgIpc) is 2.54. The van der Waals surface area contributed by atoms with Crippen molar-refractivity contribution in [2.75, 3.05) is 11.1 Å². The zero-order chi connectivity index (χ0) is 16.8. The maximum Gasteiger partial charge on any atom is 0.224 e. The monoisotopic (exact) mass is 359 g/mol. The van der Waals surface area contributed by atoms with Crippen molar-refractivity contribution in [3.63, 3.8) is 0 Å². The molecule has 2 nitrogen and oxygen atoms in total. The van der Waals surface area contributed by atoms with Crippen molar-refractivity contribution in [1.29, 1.82) is 0 Å². The van der Waals surface area contributed by atoms with Gasteiger partial charge in [-0.3, -0.25) is 4.79 Å². The first-order valence-electron chi connectivity index (χ1n) is 6.79. The highest BCUT2D eigenvalue weighted by atomic mass is 35.5. The van der Waals surface area contributed by atoms with E-state index in [0.29, 0.717) is 17.2 Å². The molecule has 0 unspecified atom stereocenters. The predicted octanol–water partition coefficient (Wildman–Crippen LogP) is 5.27. The van der Waals surface area contributed by atoms with Gasteiger partial charge in [-0.15, -0.1) is 11.8 Å². The van der Waals surface area contributed by atoms with E-state index in [9.17, 15) is 18.0 Å². The fourth-order valence-corrected chi connectivity index (χ4v) is 2.77. The summed E-state index contributed by atoms with van der Waals surface area (Å²) in [4.78, 5) is 12.7. The second-order valence-electron chi connectivity index (χ2n) is 4.68. The first-order valence-corrected chi connectivity index (χ1v) is 8.15. The number of rotatable bonds is 6. The van der Waals surface area contributed by atoms with Gasteiger partial charge in [0.2, 0.25) is 5.91 Å². The SMILES string of the molecule is O=C(CCCSc1ccc(Cl)cc1)Nc1ccc(F)c(F)c1F. The quantitative estimate of drug-likeness (QED) is 0.432. The van der Waals surface area contributed by atoms with Crippen LogP contribution in [-0.2, 0) is 4.79 Å². The lowest BCUT2D eigenvalue weighted by molar-refractivity contribution is -0.116. The third-order valence-electron chi connectivity index (χ3n) is 2.94. The Labute approximate surface area is 141 Å². The molecule has 23 heavy (non-hydrogen) atoms. The highest BCUT2D eigenvalue weighted by Crippen LogP contribution is 2.22. The molecule has 0 saturated carbocycles. The van der Waals surface area contributed by atoms with E-state index in [1.54, 1.807) is 23.9 Å². The zero-order valence-corrected chi connectivity index (χ0v) is 13.5. The summed E-state index contributed by atoms with van der Waals surface area (Å²) in [5.41, 5.74) is -0.362. The van der Waals surface area contributed by atoms with Gasteiger partial charge in [0.25, 0.3) is 0 Å². The molecule has 1 amide bonds. The van der Waals surface area contributed by atoms with Crippen molar-refractivity contribution in [2.45, 2.75) is 17.7 Å². The highest BCUT2D eigenvalue weighted by Gasteiger charge is 2.14. The van der Waals surface area contributed by atoms with Gasteiger partial charge in [-0.1, -0.05) is 11.6 Å². The number of hydrogen-bond donors (Lipinski definition) is 1. The summed E-state index contributed by atoms with van der Waals surface area (Å²) in [5, 5.41) is 2.89. The van der Waals surface area contributed by atoms with Crippen LogP contribution in [0.3, 0.4) is 0 Å². The van der Waals surface area contributed by atoms with E-state index >= 15 is 0 Å². The van der Waals surface area contributed by atoms with Crippen molar-refractivity contribution in [1.82, 2.24) is 0 Å². The molecule has 0 atom stereocenters. The molecule has 7 heteroatoms. The van der Waals surface area contributed by atoms with E-state index in [1.165, 1.54) is 0 Å². The van der Waals surface area contributed by atoms with Crippen LogP contribution in [0.15, 0.2) is 41.3 Å². The number of carbonyl (C=O) groups excluding carboxylic acids is 1. The second-order valence-corrected chi connectivity index (χ2v) is 6.28. The number of halogens is 4. The lowest BCUT2D eigenvalue weighted by Crippen LogP contribution is -2.13. The molecule has 0 bridgehead atoms. The Kier molecular flexibility index (Phi) is 6.36. The van der Waals surface area contributed by atoms with Gasteiger partial charge in [0.05, 0.1) is 5.69 Å². The van der Waals surface area contributed by atoms with Gasteiger partial charge < -0.3 is 5.32 Å². The summed E-state index contributed by atoms with van der Waals surface area (Å²) in [6, 6.07) is 9.08. The Morgan fingerprint density at radius 3 is 2.43 bits per heavy atom. The zero-order valence-electron chi connectivity index (χ0n) is 11.9. The van der Waals surface area contributed by atoms with Gasteiger partial charge in [-0.2, -0.15) is 0 Å². The first kappa shape index (κ1) is 17.7. The molecular weight excluding hydrogens is 347 g/mol. The van der Waals surface area contributed by atoms with Crippen molar-refractivity contribution in [3.05, 3.63) is 58.9 Å². The maximum atomic E-state index is 13.4. The van der Waals surface area contributed by atoms with Crippen molar-refractivity contribution >= 4 is 35.0 Å². The number of carbonyl (C=O) groups is 1. The summed E-state index contributed by atoms with van der Waals surface area (Å²) in [5.74, 6) is -4.04. The second kappa shape index (κ2) is 8.26. The van der Waals surface area contributed by atoms with Gasteiger partial charge in [0, 0.05) is 16.3 Å². The van der Waals surface area contributed by atoms with Crippen LogP contribution in [0.4, 0.5) is 18.9 Å². The number of benzene rings is 2. The van der Waals surface area contributed by atoms with Gasteiger partial charge in [-0.25, -0.2) is 13.2 Å². The van der Waals surface area contributed by atoms with Gasteiger partial charge in [0.15, 0.2) is 17.5 Å². The van der Waals surface area contributed by atoms with Gasteiger partial charge in [0.1, 0.15) is 0 Å². The lowest BCUT2D eigenvalue weighted by Gasteiger charge is -2.07. The van der Waals surface area contributed by atoms with Gasteiger partial charge in [-0.05, 0) is 48.6 Å². The van der Waals surface area contributed by atoms with Crippen LogP contribution in [0.5, 0.6) is 0 Å². The molecule has 2 aromatic rings. The fourth-order valence-electron chi connectivity index (χ4n) is 1.79. The van der Waals surface area contributed by atoms with Crippen LogP contribution in [0.2, 0.25) is 5.02 Å². The van der Waals surface area contributed by atoms with Crippen LogP contribution in [0, 0.1) is 17.5 Å². The van der Waals surface area contributed by atoms with Crippen molar-refractivity contribution in [3.8, 4) is 0 Å². The fraction of sp³-hybridized carbons (Fsp3) is 0.188. The third-order valence-corrected chi connectivity index (χ3v) is 4.29. The van der Waals surface area contributed by atoms with Crippen molar-refractivity contribution in [2.24, 2.45) is 0 Å². The molecule has 0 aromatic heterocycles. The summed E-state index contributed by atoms with van der Waals surface area (Å²) < 4.78 is 39.3. The molecule has 122 valence electrons. The van der Waals surface area contributed by atoms with E-state index < -0.39 is 23.4 Å². The predicted molar refractivity (Wildman–Crippen MR) is 86.4 cm³/mol. The van der Waals surface area contributed by atoms with Crippen LogP contribution >= 0.6 is 23.4 Å². The molecule has 0 aliphatic heterocycles. The number of anilines is 1. The Balaban J connectivity index is 1.77. The molecule has 0 heterocycles. The van der Waals surface area contributed by atoms with E-state index in [0.717, 1.165) is 17.0 Å². The summed E-state index contributed by atoms with van der Waals surface area (Å²) in [7, 11) is 0. The lowest BCUT2D eigenvalue weighted by atomic mass is 10.2. The molecular formula is C16H13ClF3NOS. The number of thioether (sulfide) groups is 1. The molecule has 2 aromatic carbocycles. The number of hydrogen-bond acceptors (Lipinski definition) is 2. The summed E-state index contributed by atoms with van der Waals surface area (Å²) in [6.45, 7) is 0. The number of amides is 1. The van der Waals surface area contributed by atoms with Crippen LogP contribution in [0.25, 0.3) is 0 Å². The Morgan fingerprint density at radius 2 is 1.74 bits per heavy atom. The summed E-state index contributed by atoms with van der Waals surface area (Å²) in [6.07, 6.45) is 0.712. The largest absolute Gasteiger partial charge is 0.324 e. The van der Waals surface area contributed by atoms with E-state index in [4.69, 9.17) is 11.6 Å². The highest BCUT2D eigenvalue weighted by molar-refractivity contribution is 7.99. The molecule has 0 radical (unpaired) electrons. The van der Waals surface area contributed by atoms with Gasteiger partial charge >= 0.3 is 0 Å².